The van der Waals surface area contributed by atoms with E-state index in [1.54, 1.807) is 24.3 Å². The molecule has 1 aliphatic heterocycles. The molecule has 1 heterocycles. The third-order valence-corrected chi connectivity index (χ3v) is 2.20. The van der Waals surface area contributed by atoms with E-state index in [9.17, 15) is 9.59 Å². The topological polar surface area (TPSA) is 84.2 Å². The molecule has 0 spiro atoms. The maximum Gasteiger partial charge on any atom is 0.261 e. The van der Waals surface area contributed by atoms with Gasteiger partial charge in [0.1, 0.15) is 6.04 Å². The van der Waals surface area contributed by atoms with Crippen LogP contribution in [0, 0.1) is 0 Å². The van der Waals surface area contributed by atoms with Crippen LogP contribution in [0.5, 0.6) is 0 Å². The summed E-state index contributed by atoms with van der Waals surface area (Å²) in [7, 11) is 0. The standard InChI is InChI=1S/C9H9N3O2/c10-12-9(14)7-5-3-1-2-4-6(5)8(13)11-7/h1-4,7H,10H2,(H,11,13)(H,12,14)/t7-/m1/s1. The largest absolute Gasteiger partial charge is 0.336 e. The predicted octanol–water partition coefficient (Wildman–Crippen LogP) is -0.539. The highest BCUT2D eigenvalue weighted by Gasteiger charge is 2.32. The SMILES string of the molecule is NNC(=O)[C@@H]1NC(=O)c2ccccc21. The molecule has 0 radical (unpaired) electrons. The van der Waals surface area contributed by atoms with Crippen molar-refractivity contribution in [2.24, 2.45) is 5.84 Å². The van der Waals surface area contributed by atoms with Crippen molar-refractivity contribution in [3.63, 3.8) is 0 Å². The highest BCUT2D eigenvalue weighted by molar-refractivity contribution is 6.04. The summed E-state index contributed by atoms with van der Waals surface area (Å²) >= 11 is 0. The minimum Gasteiger partial charge on any atom is -0.336 e. The van der Waals surface area contributed by atoms with Gasteiger partial charge in [0, 0.05) is 5.56 Å². The van der Waals surface area contributed by atoms with E-state index in [4.69, 9.17) is 5.84 Å². The van der Waals surface area contributed by atoms with Crippen LogP contribution >= 0.6 is 0 Å². The number of benzene rings is 1. The lowest BCUT2D eigenvalue weighted by Gasteiger charge is -2.08. The molecule has 14 heavy (non-hydrogen) atoms. The number of nitrogens with two attached hydrogens (primary N) is 1. The zero-order valence-corrected chi connectivity index (χ0v) is 7.28. The van der Waals surface area contributed by atoms with Crippen molar-refractivity contribution in [3.05, 3.63) is 35.4 Å². The first kappa shape index (κ1) is 8.71. The van der Waals surface area contributed by atoms with Gasteiger partial charge in [-0.15, -0.1) is 0 Å². The van der Waals surface area contributed by atoms with Crippen molar-refractivity contribution >= 4 is 11.8 Å². The lowest BCUT2D eigenvalue weighted by molar-refractivity contribution is -0.123. The number of hydrogen-bond donors (Lipinski definition) is 3. The first-order chi connectivity index (χ1) is 6.74. The number of nitrogens with one attached hydrogen (secondary N) is 2. The summed E-state index contributed by atoms with van der Waals surface area (Å²) in [5.74, 6) is 4.35. The van der Waals surface area contributed by atoms with Crippen molar-refractivity contribution in [3.8, 4) is 0 Å². The minimum absolute atomic E-state index is 0.241. The van der Waals surface area contributed by atoms with E-state index >= 15 is 0 Å². The fourth-order valence-corrected chi connectivity index (χ4v) is 1.53. The Balaban J connectivity index is 2.44. The molecule has 0 unspecified atom stereocenters. The molecule has 72 valence electrons. The van der Waals surface area contributed by atoms with Gasteiger partial charge in [-0.2, -0.15) is 0 Å². The Hall–Kier alpha value is -1.88. The first-order valence-corrected chi connectivity index (χ1v) is 4.14. The van der Waals surface area contributed by atoms with Crippen molar-refractivity contribution in [1.82, 2.24) is 10.7 Å². The second-order valence-corrected chi connectivity index (χ2v) is 3.00. The lowest BCUT2D eigenvalue weighted by Crippen LogP contribution is -2.39. The number of fused-ring (bicyclic) bond motifs is 1. The Bertz CT molecular complexity index is 403. The van der Waals surface area contributed by atoms with Gasteiger partial charge in [-0.25, -0.2) is 5.84 Å². The van der Waals surface area contributed by atoms with E-state index in [2.05, 4.69) is 5.32 Å². The van der Waals surface area contributed by atoms with Gasteiger partial charge >= 0.3 is 0 Å². The van der Waals surface area contributed by atoms with E-state index < -0.39 is 11.9 Å². The van der Waals surface area contributed by atoms with Gasteiger partial charge in [0.15, 0.2) is 0 Å². The molecule has 1 aromatic carbocycles. The van der Waals surface area contributed by atoms with Crippen LogP contribution in [0.15, 0.2) is 24.3 Å². The Morgan fingerprint density at radius 1 is 1.43 bits per heavy atom. The van der Waals surface area contributed by atoms with E-state index in [0.29, 0.717) is 11.1 Å². The summed E-state index contributed by atoms with van der Waals surface area (Å²) in [5, 5.41) is 2.54. The van der Waals surface area contributed by atoms with Crippen molar-refractivity contribution in [2.75, 3.05) is 0 Å². The van der Waals surface area contributed by atoms with Crippen LogP contribution in [0.3, 0.4) is 0 Å². The average molecular weight is 191 g/mol. The number of amides is 2. The smallest absolute Gasteiger partial charge is 0.261 e. The molecule has 0 aliphatic carbocycles. The van der Waals surface area contributed by atoms with Gasteiger partial charge < -0.3 is 5.32 Å². The van der Waals surface area contributed by atoms with Crippen LogP contribution in [-0.2, 0) is 4.79 Å². The molecule has 1 aromatic rings. The Kier molecular flexibility index (Phi) is 1.94. The monoisotopic (exact) mass is 191 g/mol. The van der Waals surface area contributed by atoms with Crippen LogP contribution in [0.1, 0.15) is 22.0 Å². The van der Waals surface area contributed by atoms with E-state index in [-0.39, 0.29) is 5.91 Å². The molecule has 5 nitrogen and oxygen atoms in total. The number of hydrogen-bond acceptors (Lipinski definition) is 3. The van der Waals surface area contributed by atoms with Crippen LogP contribution in [-0.4, -0.2) is 11.8 Å². The highest BCUT2D eigenvalue weighted by Crippen LogP contribution is 2.24. The number of carbonyl (C=O) groups excluding carboxylic acids is 2. The van der Waals surface area contributed by atoms with Crippen LogP contribution in [0.2, 0.25) is 0 Å². The zero-order valence-electron chi connectivity index (χ0n) is 7.28. The van der Waals surface area contributed by atoms with E-state index in [1.807, 2.05) is 5.43 Å². The van der Waals surface area contributed by atoms with Crippen LogP contribution in [0.4, 0.5) is 0 Å². The van der Waals surface area contributed by atoms with Crippen molar-refractivity contribution in [2.45, 2.75) is 6.04 Å². The second kappa shape index (κ2) is 3.12. The summed E-state index contributed by atoms with van der Waals surface area (Å²) < 4.78 is 0. The van der Waals surface area contributed by atoms with Crippen LogP contribution in [0.25, 0.3) is 0 Å². The molecule has 0 aromatic heterocycles. The first-order valence-electron chi connectivity index (χ1n) is 4.14. The molecule has 5 heteroatoms. The zero-order chi connectivity index (χ0) is 10.1. The molecule has 0 fully saturated rings. The predicted molar refractivity (Wildman–Crippen MR) is 49.0 cm³/mol. The summed E-state index contributed by atoms with van der Waals surface area (Å²) in [4.78, 5) is 22.6. The highest BCUT2D eigenvalue weighted by atomic mass is 16.2. The lowest BCUT2D eigenvalue weighted by atomic mass is 10.0. The summed E-state index contributed by atoms with van der Waals surface area (Å²) in [6, 6.07) is 6.27. The molecule has 2 rings (SSSR count). The van der Waals surface area contributed by atoms with Gasteiger partial charge in [-0.3, -0.25) is 15.0 Å². The normalized spacial score (nSPS) is 18.6. The average Bonchev–Trinajstić information content (AvgIpc) is 2.56. The van der Waals surface area contributed by atoms with E-state index in [0.717, 1.165) is 0 Å². The molecule has 0 saturated carbocycles. The maximum atomic E-state index is 11.4. The van der Waals surface area contributed by atoms with E-state index in [1.165, 1.54) is 0 Å². The molecule has 1 atom stereocenters. The van der Waals surface area contributed by atoms with Gasteiger partial charge in [0.2, 0.25) is 0 Å². The number of rotatable bonds is 1. The molecular weight excluding hydrogens is 182 g/mol. The summed E-state index contributed by atoms with van der Waals surface area (Å²) in [6.07, 6.45) is 0. The molecule has 2 amide bonds. The molecular formula is C9H9N3O2. The Morgan fingerprint density at radius 2 is 2.14 bits per heavy atom. The molecule has 0 saturated heterocycles. The second-order valence-electron chi connectivity index (χ2n) is 3.00. The van der Waals surface area contributed by atoms with Crippen LogP contribution < -0.4 is 16.6 Å². The molecule has 0 bridgehead atoms. The fourth-order valence-electron chi connectivity index (χ4n) is 1.53. The Morgan fingerprint density at radius 3 is 2.86 bits per heavy atom. The Labute approximate surface area is 80.3 Å². The van der Waals surface area contributed by atoms with Crippen molar-refractivity contribution < 1.29 is 9.59 Å². The quantitative estimate of drug-likeness (QED) is 0.316. The van der Waals surface area contributed by atoms with Gasteiger partial charge in [-0.1, -0.05) is 18.2 Å². The summed E-state index contributed by atoms with van der Waals surface area (Å²) in [5.41, 5.74) is 3.21. The van der Waals surface area contributed by atoms with Gasteiger partial charge in [-0.05, 0) is 11.6 Å². The third kappa shape index (κ3) is 1.14. The summed E-state index contributed by atoms with van der Waals surface area (Å²) in [6.45, 7) is 0. The number of carbonyl (C=O) groups is 2. The minimum atomic E-state index is -0.663. The maximum absolute atomic E-state index is 11.4. The molecule has 4 N–H and O–H groups in total. The number of hydrazine groups is 1. The van der Waals surface area contributed by atoms with Gasteiger partial charge in [0.25, 0.3) is 11.8 Å². The van der Waals surface area contributed by atoms with Crippen molar-refractivity contribution in [1.29, 1.82) is 0 Å². The fraction of sp³-hybridized carbons (Fsp3) is 0.111. The third-order valence-electron chi connectivity index (χ3n) is 2.20. The molecule has 1 aliphatic rings. The van der Waals surface area contributed by atoms with Gasteiger partial charge in [0.05, 0.1) is 0 Å².